The minimum Gasteiger partial charge on any atom is -0.374 e. The van der Waals surface area contributed by atoms with Crippen molar-refractivity contribution in [3.8, 4) is 0 Å². The molecule has 3 N–H and O–H groups in total. The first-order valence-corrected chi connectivity index (χ1v) is 9.75. The van der Waals surface area contributed by atoms with Crippen molar-refractivity contribution >= 4 is 41.5 Å². The third-order valence-corrected chi connectivity index (χ3v) is 4.56. The van der Waals surface area contributed by atoms with E-state index in [-0.39, 0.29) is 35.7 Å². The Hall–Kier alpha value is -2.36. The SMILES string of the molecule is CN=C(NCCCN(C)c1cccc(F)c1)NCCc1cccc(C(=O)NC)c1.I. The van der Waals surface area contributed by atoms with Crippen LogP contribution in [0.1, 0.15) is 22.3 Å². The van der Waals surface area contributed by atoms with Crippen molar-refractivity contribution in [1.29, 1.82) is 0 Å². The normalized spacial score (nSPS) is 10.7. The minimum atomic E-state index is -0.224. The van der Waals surface area contributed by atoms with Gasteiger partial charge in [0, 0.05) is 52.0 Å². The zero-order valence-electron chi connectivity index (χ0n) is 17.7. The highest BCUT2D eigenvalue weighted by Crippen LogP contribution is 2.13. The van der Waals surface area contributed by atoms with Crippen molar-refractivity contribution in [3.63, 3.8) is 0 Å². The Kier molecular flexibility index (Phi) is 11.8. The second kappa shape index (κ2) is 13.8. The van der Waals surface area contributed by atoms with Gasteiger partial charge in [0.25, 0.3) is 5.91 Å². The molecule has 0 bridgehead atoms. The topological polar surface area (TPSA) is 68.8 Å². The van der Waals surface area contributed by atoms with Crippen LogP contribution in [-0.4, -0.2) is 52.6 Å². The van der Waals surface area contributed by atoms with Crippen LogP contribution in [0.4, 0.5) is 10.1 Å². The maximum absolute atomic E-state index is 13.3. The molecule has 0 aliphatic carbocycles. The van der Waals surface area contributed by atoms with Gasteiger partial charge in [0.1, 0.15) is 5.82 Å². The molecule has 0 radical (unpaired) electrons. The standard InChI is InChI=1S/C22H30FN5O.HI/c1-24-21(29)18-8-4-7-17(15-18)11-13-27-22(25-2)26-12-6-14-28(3)20-10-5-9-19(23)16-20;/h4-5,7-10,15-16H,6,11-14H2,1-3H3,(H,24,29)(H2,25,26,27);1H. The summed E-state index contributed by atoms with van der Waals surface area (Å²) in [5, 5.41) is 9.21. The Morgan fingerprint density at radius 2 is 1.83 bits per heavy atom. The van der Waals surface area contributed by atoms with Crippen LogP contribution in [0.2, 0.25) is 0 Å². The fourth-order valence-electron chi connectivity index (χ4n) is 2.92. The van der Waals surface area contributed by atoms with Crippen molar-refractivity contribution in [2.24, 2.45) is 4.99 Å². The van der Waals surface area contributed by atoms with Crippen LogP contribution in [0.3, 0.4) is 0 Å². The van der Waals surface area contributed by atoms with Gasteiger partial charge in [-0.2, -0.15) is 0 Å². The van der Waals surface area contributed by atoms with Crippen LogP contribution in [0.5, 0.6) is 0 Å². The van der Waals surface area contributed by atoms with E-state index in [1.54, 1.807) is 26.2 Å². The summed E-state index contributed by atoms with van der Waals surface area (Å²) in [5.74, 6) is 0.430. The van der Waals surface area contributed by atoms with E-state index in [4.69, 9.17) is 0 Å². The lowest BCUT2D eigenvalue weighted by Gasteiger charge is -2.20. The summed E-state index contributed by atoms with van der Waals surface area (Å²) in [5.41, 5.74) is 2.62. The monoisotopic (exact) mass is 527 g/mol. The molecule has 0 unspecified atom stereocenters. The summed E-state index contributed by atoms with van der Waals surface area (Å²) in [6, 6.07) is 14.2. The number of amides is 1. The fourth-order valence-corrected chi connectivity index (χ4v) is 2.92. The molecule has 0 atom stereocenters. The van der Waals surface area contributed by atoms with E-state index in [0.717, 1.165) is 43.1 Å². The first kappa shape index (κ1) is 25.7. The van der Waals surface area contributed by atoms with E-state index in [0.29, 0.717) is 12.1 Å². The number of hydrogen-bond donors (Lipinski definition) is 3. The molecule has 8 heteroatoms. The number of guanidine groups is 1. The number of hydrogen-bond acceptors (Lipinski definition) is 3. The van der Waals surface area contributed by atoms with Gasteiger partial charge in [-0.25, -0.2) is 4.39 Å². The number of nitrogens with one attached hydrogen (secondary N) is 3. The number of halogens is 2. The third kappa shape index (κ3) is 8.56. The lowest BCUT2D eigenvalue weighted by Crippen LogP contribution is -2.39. The number of anilines is 1. The maximum Gasteiger partial charge on any atom is 0.251 e. The van der Waals surface area contributed by atoms with Crippen molar-refractivity contribution < 1.29 is 9.18 Å². The number of nitrogens with zero attached hydrogens (tertiary/aromatic N) is 2. The highest BCUT2D eigenvalue weighted by molar-refractivity contribution is 14.0. The molecule has 0 fully saturated rings. The van der Waals surface area contributed by atoms with Crippen LogP contribution in [0.15, 0.2) is 53.5 Å². The Bertz CT molecular complexity index is 831. The average Bonchev–Trinajstić information content (AvgIpc) is 2.74. The first-order chi connectivity index (χ1) is 14.0. The second-order valence-corrected chi connectivity index (χ2v) is 6.71. The quantitative estimate of drug-likeness (QED) is 0.203. The smallest absolute Gasteiger partial charge is 0.251 e. The summed E-state index contributed by atoms with van der Waals surface area (Å²) in [6.45, 7) is 2.27. The number of aliphatic imine (C=N–C) groups is 1. The molecule has 2 aromatic carbocycles. The number of benzene rings is 2. The predicted octanol–water partition coefficient (Wildman–Crippen LogP) is 3.04. The van der Waals surface area contributed by atoms with E-state index < -0.39 is 0 Å². The van der Waals surface area contributed by atoms with Crippen LogP contribution in [-0.2, 0) is 6.42 Å². The predicted molar refractivity (Wildman–Crippen MR) is 133 cm³/mol. The van der Waals surface area contributed by atoms with Crippen LogP contribution >= 0.6 is 24.0 Å². The summed E-state index contributed by atoms with van der Waals surface area (Å²) in [7, 11) is 5.32. The average molecular weight is 527 g/mol. The lowest BCUT2D eigenvalue weighted by molar-refractivity contribution is 0.0963. The van der Waals surface area contributed by atoms with Gasteiger partial charge in [0.15, 0.2) is 5.96 Å². The maximum atomic E-state index is 13.3. The minimum absolute atomic E-state index is 0. The molecule has 0 aliphatic rings. The van der Waals surface area contributed by atoms with E-state index >= 15 is 0 Å². The molecule has 0 saturated heterocycles. The summed E-state index contributed by atoms with van der Waals surface area (Å²) >= 11 is 0. The Morgan fingerprint density at radius 3 is 2.53 bits per heavy atom. The molecule has 30 heavy (non-hydrogen) atoms. The Balaban J connectivity index is 0.00000450. The largest absolute Gasteiger partial charge is 0.374 e. The number of carbonyl (C=O) groups is 1. The first-order valence-electron chi connectivity index (χ1n) is 9.75. The number of carbonyl (C=O) groups excluding carboxylic acids is 1. The van der Waals surface area contributed by atoms with Gasteiger partial charge in [-0.3, -0.25) is 9.79 Å². The molecular weight excluding hydrogens is 496 g/mol. The van der Waals surface area contributed by atoms with Crippen LogP contribution in [0.25, 0.3) is 0 Å². The van der Waals surface area contributed by atoms with Crippen molar-refractivity contribution in [2.45, 2.75) is 12.8 Å². The number of rotatable bonds is 9. The van der Waals surface area contributed by atoms with Gasteiger partial charge in [0.05, 0.1) is 0 Å². The van der Waals surface area contributed by atoms with Crippen molar-refractivity contribution in [1.82, 2.24) is 16.0 Å². The van der Waals surface area contributed by atoms with Gasteiger partial charge in [-0.05, 0) is 48.7 Å². The zero-order valence-corrected chi connectivity index (χ0v) is 20.1. The molecular formula is C22H31FIN5O. The lowest BCUT2D eigenvalue weighted by atomic mass is 10.1. The molecule has 0 saturated carbocycles. The van der Waals surface area contributed by atoms with Crippen molar-refractivity contribution in [2.75, 3.05) is 45.7 Å². The Morgan fingerprint density at radius 1 is 1.10 bits per heavy atom. The van der Waals surface area contributed by atoms with Gasteiger partial charge < -0.3 is 20.9 Å². The molecule has 6 nitrogen and oxygen atoms in total. The van der Waals surface area contributed by atoms with E-state index in [2.05, 4.69) is 20.9 Å². The summed E-state index contributed by atoms with van der Waals surface area (Å²) < 4.78 is 13.3. The summed E-state index contributed by atoms with van der Waals surface area (Å²) in [6.07, 6.45) is 1.68. The summed E-state index contributed by atoms with van der Waals surface area (Å²) in [4.78, 5) is 18.0. The van der Waals surface area contributed by atoms with Crippen LogP contribution in [0, 0.1) is 5.82 Å². The van der Waals surface area contributed by atoms with E-state index in [9.17, 15) is 9.18 Å². The van der Waals surface area contributed by atoms with Crippen molar-refractivity contribution in [3.05, 3.63) is 65.5 Å². The van der Waals surface area contributed by atoms with Gasteiger partial charge >= 0.3 is 0 Å². The molecule has 2 rings (SSSR count). The van der Waals surface area contributed by atoms with Gasteiger partial charge in [-0.15, -0.1) is 24.0 Å². The van der Waals surface area contributed by atoms with Crippen LogP contribution < -0.4 is 20.9 Å². The Labute approximate surface area is 195 Å². The highest BCUT2D eigenvalue weighted by Gasteiger charge is 2.05. The zero-order chi connectivity index (χ0) is 21.1. The molecule has 2 aromatic rings. The molecule has 0 heterocycles. The molecule has 1 amide bonds. The molecule has 0 aliphatic heterocycles. The molecule has 0 aromatic heterocycles. The second-order valence-electron chi connectivity index (χ2n) is 6.71. The van der Waals surface area contributed by atoms with Gasteiger partial charge in [0.2, 0.25) is 0 Å². The molecule has 0 spiro atoms. The fraction of sp³-hybridized carbons (Fsp3) is 0.364. The highest BCUT2D eigenvalue weighted by atomic mass is 127. The molecule has 164 valence electrons. The van der Waals surface area contributed by atoms with Gasteiger partial charge in [-0.1, -0.05) is 18.2 Å². The third-order valence-electron chi connectivity index (χ3n) is 4.56. The van der Waals surface area contributed by atoms with E-state index in [1.807, 2.05) is 36.2 Å². The van der Waals surface area contributed by atoms with E-state index in [1.165, 1.54) is 12.1 Å².